The molecule has 154 valence electrons. The molecule has 1 aliphatic rings. The van der Waals surface area contributed by atoms with Gasteiger partial charge in [0.05, 0.1) is 40.1 Å². The van der Waals surface area contributed by atoms with Crippen LogP contribution in [0.25, 0.3) is 5.57 Å². The summed E-state index contributed by atoms with van der Waals surface area (Å²) in [4.78, 5) is 27.9. The molecule has 1 N–H and O–H groups in total. The Balaban J connectivity index is 2.05. The largest absolute Gasteiger partial charge is 0.493 e. The fourth-order valence-electron chi connectivity index (χ4n) is 3.02. The van der Waals surface area contributed by atoms with Crippen molar-refractivity contribution in [2.75, 3.05) is 46.9 Å². The number of hydrogen-bond acceptors (Lipinski definition) is 8. The van der Waals surface area contributed by atoms with E-state index in [-0.39, 0.29) is 24.8 Å². The minimum absolute atomic E-state index is 0.170. The van der Waals surface area contributed by atoms with Gasteiger partial charge in [-0.05, 0) is 11.4 Å². The zero-order valence-corrected chi connectivity index (χ0v) is 17.4. The summed E-state index contributed by atoms with van der Waals surface area (Å²) in [7, 11) is 6.05. The second-order valence-electron chi connectivity index (χ2n) is 6.02. The molecule has 29 heavy (non-hydrogen) atoms. The van der Waals surface area contributed by atoms with E-state index in [2.05, 4.69) is 5.32 Å². The number of nitrogens with one attached hydrogen (secondary N) is 1. The maximum absolute atomic E-state index is 13.0. The van der Waals surface area contributed by atoms with Crippen molar-refractivity contribution in [3.05, 3.63) is 40.2 Å². The Kier molecular flexibility index (Phi) is 6.40. The second-order valence-corrected chi connectivity index (χ2v) is 6.97. The number of methoxy groups -OCH3 is 4. The number of hydrogen-bond donors (Lipinski definition) is 1. The number of thiophene rings is 1. The van der Waals surface area contributed by atoms with Crippen LogP contribution < -0.4 is 19.5 Å². The average molecular weight is 418 g/mol. The first-order chi connectivity index (χ1) is 14.0. The number of nitrogens with zero attached hydrogens (tertiary/aromatic N) is 1. The van der Waals surface area contributed by atoms with Crippen LogP contribution in [0.5, 0.6) is 17.2 Å². The van der Waals surface area contributed by atoms with Crippen LogP contribution in [0.3, 0.4) is 0 Å². The number of imide groups is 1. The Morgan fingerprint density at radius 1 is 1.00 bits per heavy atom. The maximum Gasteiger partial charge on any atom is 0.278 e. The molecule has 0 saturated carbocycles. The first-order valence-corrected chi connectivity index (χ1v) is 9.64. The number of carbonyl (C=O) groups is 2. The van der Waals surface area contributed by atoms with Crippen LogP contribution in [-0.2, 0) is 14.3 Å². The van der Waals surface area contributed by atoms with Gasteiger partial charge in [0.25, 0.3) is 11.8 Å². The van der Waals surface area contributed by atoms with Crippen LogP contribution >= 0.6 is 11.3 Å². The van der Waals surface area contributed by atoms with Crippen molar-refractivity contribution in [2.24, 2.45) is 0 Å². The molecule has 0 bridgehead atoms. The highest BCUT2D eigenvalue weighted by Crippen LogP contribution is 2.41. The molecule has 0 spiro atoms. The lowest BCUT2D eigenvalue weighted by molar-refractivity contribution is -0.137. The quantitative estimate of drug-likeness (QED) is 0.627. The van der Waals surface area contributed by atoms with E-state index in [4.69, 9.17) is 18.9 Å². The molecular formula is C20H22N2O6S. The van der Waals surface area contributed by atoms with Crippen molar-refractivity contribution in [3.63, 3.8) is 0 Å². The molecule has 1 aliphatic heterocycles. The standard InChI is InChI=1S/C20H22N2O6S/c1-25-8-7-22-19(23)16(15-6-5-9-29-15)17(20(22)24)21-12-10-13(26-2)18(28-4)14(11-12)27-3/h5-6,9-11,21H,7-8H2,1-4H3. The molecule has 2 aromatic rings. The third-order valence-electron chi connectivity index (χ3n) is 4.39. The summed E-state index contributed by atoms with van der Waals surface area (Å²) >= 11 is 1.39. The zero-order chi connectivity index (χ0) is 21.0. The molecule has 0 fully saturated rings. The van der Waals surface area contributed by atoms with Crippen LogP contribution in [0.15, 0.2) is 35.3 Å². The van der Waals surface area contributed by atoms with E-state index in [9.17, 15) is 9.59 Å². The number of carbonyl (C=O) groups excluding carboxylic acids is 2. The van der Waals surface area contributed by atoms with Crippen LogP contribution in [0.1, 0.15) is 4.88 Å². The van der Waals surface area contributed by atoms with Crippen LogP contribution in [0, 0.1) is 0 Å². The third kappa shape index (κ3) is 3.92. The van der Waals surface area contributed by atoms with Crippen molar-refractivity contribution in [2.45, 2.75) is 0 Å². The molecule has 0 atom stereocenters. The van der Waals surface area contributed by atoms with Gasteiger partial charge < -0.3 is 24.3 Å². The van der Waals surface area contributed by atoms with E-state index < -0.39 is 5.91 Å². The molecule has 0 radical (unpaired) electrons. The van der Waals surface area contributed by atoms with Gasteiger partial charge in [0.15, 0.2) is 11.5 Å². The predicted octanol–water partition coefficient (Wildman–Crippen LogP) is 2.61. The van der Waals surface area contributed by atoms with Crippen molar-refractivity contribution < 1.29 is 28.5 Å². The fraction of sp³-hybridized carbons (Fsp3) is 0.300. The summed E-state index contributed by atoms with van der Waals surface area (Å²) in [6, 6.07) is 6.99. The third-order valence-corrected chi connectivity index (χ3v) is 5.28. The molecule has 1 aromatic heterocycles. The van der Waals surface area contributed by atoms with Crippen molar-refractivity contribution in [1.82, 2.24) is 4.90 Å². The van der Waals surface area contributed by atoms with E-state index >= 15 is 0 Å². The Bertz CT molecular complexity index is 913. The topological polar surface area (TPSA) is 86.3 Å². The van der Waals surface area contributed by atoms with Gasteiger partial charge in [-0.15, -0.1) is 11.3 Å². The molecule has 0 aliphatic carbocycles. The van der Waals surface area contributed by atoms with Gasteiger partial charge in [-0.2, -0.15) is 0 Å². The zero-order valence-electron chi connectivity index (χ0n) is 16.6. The fourth-order valence-corrected chi connectivity index (χ4v) is 3.79. The number of ether oxygens (including phenoxy) is 4. The molecule has 2 heterocycles. The summed E-state index contributed by atoms with van der Waals surface area (Å²) in [6.45, 7) is 0.427. The number of anilines is 1. The second kappa shape index (κ2) is 8.97. The Morgan fingerprint density at radius 2 is 1.69 bits per heavy atom. The van der Waals surface area contributed by atoms with Crippen LogP contribution in [-0.4, -0.2) is 58.3 Å². The van der Waals surface area contributed by atoms with Crippen molar-refractivity contribution in [1.29, 1.82) is 0 Å². The van der Waals surface area contributed by atoms with E-state index in [0.29, 0.717) is 33.4 Å². The van der Waals surface area contributed by atoms with E-state index in [1.165, 1.54) is 44.7 Å². The monoisotopic (exact) mass is 418 g/mol. The van der Waals surface area contributed by atoms with Crippen LogP contribution in [0.2, 0.25) is 0 Å². The summed E-state index contributed by atoms with van der Waals surface area (Å²) in [5, 5.41) is 4.94. The Morgan fingerprint density at radius 3 is 2.21 bits per heavy atom. The minimum Gasteiger partial charge on any atom is -0.493 e. The van der Waals surface area contributed by atoms with Crippen LogP contribution in [0.4, 0.5) is 5.69 Å². The average Bonchev–Trinajstić information content (AvgIpc) is 3.33. The summed E-state index contributed by atoms with van der Waals surface area (Å²) < 4.78 is 21.1. The first-order valence-electron chi connectivity index (χ1n) is 8.76. The molecule has 8 nitrogen and oxygen atoms in total. The molecule has 0 saturated heterocycles. The highest BCUT2D eigenvalue weighted by molar-refractivity contribution is 7.11. The SMILES string of the molecule is COCCN1C(=O)C(Nc2cc(OC)c(OC)c(OC)c2)=C(c2cccs2)C1=O. The van der Waals surface area contributed by atoms with E-state index in [0.717, 1.165) is 0 Å². The van der Waals surface area contributed by atoms with Gasteiger partial charge in [0.2, 0.25) is 5.75 Å². The van der Waals surface area contributed by atoms with Crippen molar-refractivity contribution in [3.8, 4) is 17.2 Å². The van der Waals surface area contributed by atoms with Crippen molar-refractivity contribution >= 4 is 34.4 Å². The Labute approximate surface area is 172 Å². The highest BCUT2D eigenvalue weighted by atomic mass is 32.1. The number of benzene rings is 1. The molecule has 0 unspecified atom stereocenters. The van der Waals surface area contributed by atoms with E-state index in [1.54, 1.807) is 12.1 Å². The molecule has 1 aromatic carbocycles. The first kappa shape index (κ1) is 20.7. The maximum atomic E-state index is 13.0. The number of rotatable bonds is 9. The summed E-state index contributed by atoms with van der Waals surface area (Å²) in [5.74, 6) is 0.526. The lowest BCUT2D eigenvalue weighted by Gasteiger charge is -2.16. The van der Waals surface area contributed by atoms with E-state index in [1.807, 2.05) is 17.5 Å². The van der Waals surface area contributed by atoms with Gasteiger partial charge >= 0.3 is 0 Å². The Hall–Kier alpha value is -3.04. The molecular weight excluding hydrogens is 396 g/mol. The van der Waals surface area contributed by atoms with Gasteiger partial charge in [0.1, 0.15) is 5.70 Å². The molecule has 9 heteroatoms. The lowest BCUT2D eigenvalue weighted by Crippen LogP contribution is -2.35. The summed E-state index contributed by atoms with van der Waals surface area (Å²) in [5.41, 5.74) is 1.05. The minimum atomic E-state index is -0.413. The number of amides is 2. The van der Waals surface area contributed by atoms with Gasteiger partial charge in [-0.1, -0.05) is 6.07 Å². The lowest BCUT2D eigenvalue weighted by atomic mass is 10.1. The normalized spacial score (nSPS) is 13.9. The molecule has 2 amide bonds. The predicted molar refractivity (Wildman–Crippen MR) is 110 cm³/mol. The van der Waals surface area contributed by atoms with Gasteiger partial charge in [-0.25, -0.2) is 0 Å². The smallest absolute Gasteiger partial charge is 0.278 e. The summed E-state index contributed by atoms with van der Waals surface area (Å²) in [6.07, 6.45) is 0. The van der Waals surface area contributed by atoms with Gasteiger partial charge in [0, 0.05) is 29.8 Å². The van der Waals surface area contributed by atoms with Gasteiger partial charge in [-0.3, -0.25) is 14.5 Å². The molecule has 3 rings (SSSR count). The highest BCUT2D eigenvalue weighted by Gasteiger charge is 2.39.